The second kappa shape index (κ2) is 1.91. The molecule has 1 heteroatoms. The van der Waals surface area contributed by atoms with Crippen molar-refractivity contribution in [3.63, 3.8) is 0 Å². The Morgan fingerprint density at radius 1 is 1.08 bits per heavy atom. The molecule has 0 heterocycles. The van der Waals surface area contributed by atoms with E-state index >= 15 is 0 Å². The lowest BCUT2D eigenvalue weighted by atomic mass is 9.31. The second-order valence-electron chi connectivity index (χ2n) is 4.98. The van der Waals surface area contributed by atoms with Gasteiger partial charge in [0.15, 0.2) is 0 Å². The lowest BCUT2D eigenvalue weighted by Gasteiger charge is -2.75. The van der Waals surface area contributed by atoms with E-state index in [9.17, 15) is 0 Å². The Kier molecular flexibility index (Phi) is 1.37. The van der Waals surface area contributed by atoms with Gasteiger partial charge in [-0.05, 0) is 26.3 Å². The topological polar surface area (TPSA) is 0 Å². The molecule has 2 aliphatic rings. The predicted octanol–water partition coefficient (Wildman–Crippen LogP) is 3.92. The van der Waals surface area contributed by atoms with Crippen molar-refractivity contribution in [3.05, 3.63) is 23.3 Å². The van der Waals surface area contributed by atoms with Gasteiger partial charge in [0.25, 0.3) is 0 Å². The monoisotopic (exact) mass is 196 g/mol. The Morgan fingerprint density at radius 3 is 1.92 bits per heavy atom. The quantitative estimate of drug-likeness (QED) is 0.407. The highest BCUT2D eigenvalue weighted by molar-refractivity contribution is 6.28. The van der Waals surface area contributed by atoms with Gasteiger partial charge < -0.3 is 0 Å². The van der Waals surface area contributed by atoms with E-state index in [1.54, 1.807) is 0 Å². The van der Waals surface area contributed by atoms with E-state index in [0.717, 1.165) is 0 Å². The maximum atomic E-state index is 6.51. The molecule has 0 spiro atoms. The molecule has 0 bridgehead atoms. The largest absolute Gasteiger partial charge is 0.114 e. The van der Waals surface area contributed by atoms with Crippen LogP contribution in [0.3, 0.4) is 0 Å². The van der Waals surface area contributed by atoms with Gasteiger partial charge >= 0.3 is 0 Å². The van der Waals surface area contributed by atoms with Crippen molar-refractivity contribution in [1.29, 1.82) is 0 Å². The molecule has 1 fully saturated rings. The van der Waals surface area contributed by atoms with E-state index in [2.05, 4.69) is 41.2 Å². The van der Waals surface area contributed by atoms with E-state index in [-0.39, 0.29) is 15.7 Å². The van der Waals surface area contributed by atoms with Gasteiger partial charge in [-0.1, -0.05) is 31.6 Å². The molecule has 0 amide bonds. The van der Waals surface area contributed by atoms with Crippen LogP contribution in [-0.4, -0.2) is 4.87 Å². The summed E-state index contributed by atoms with van der Waals surface area (Å²) >= 11 is 6.51. The first-order chi connectivity index (χ1) is 5.72. The van der Waals surface area contributed by atoms with Crippen LogP contribution in [0.5, 0.6) is 0 Å². The Bertz CT molecular complexity index is 348. The molecule has 0 saturated heterocycles. The van der Waals surface area contributed by atoms with E-state index in [4.69, 9.17) is 11.6 Å². The highest BCUT2D eigenvalue weighted by atomic mass is 35.5. The zero-order valence-electron chi connectivity index (χ0n) is 9.09. The van der Waals surface area contributed by atoms with E-state index in [1.807, 2.05) is 0 Å². The average Bonchev–Trinajstić information content (AvgIpc) is 2.11. The SMILES string of the molecule is C=C1C(C)(Cl)C2(C)C(C)=C(C)C12C. The Balaban J connectivity index is 2.63. The molecule has 0 N–H and O–H groups in total. The van der Waals surface area contributed by atoms with Crippen molar-refractivity contribution in [2.75, 3.05) is 0 Å². The van der Waals surface area contributed by atoms with E-state index in [1.165, 1.54) is 16.7 Å². The molecule has 0 nitrogen and oxygen atoms in total. The fraction of sp³-hybridized carbons (Fsp3) is 0.667. The average molecular weight is 197 g/mol. The second-order valence-corrected chi connectivity index (χ2v) is 5.74. The molecule has 13 heavy (non-hydrogen) atoms. The van der Waals surface area contributed by atoms with Crippen molar-refractivity contribution in [1.82, 2.24) is 0 Å². The minimum absolute atomic E-state index is 0.142. The van der Waals surface area contributed by atoms with Crippen LogP contribution in [0.2, 0.25) is 0 Å². The van der Waals surface area contributed by atoms with Crippen molar-refractivity contribution in [2.24, 2.45) is 10.8 Å². The van der Waals surface area contributed by atoms with E-state index in [0.29, 0.717) is 0 Å². The number of hydrogen-bond donors (Lipinski definition) is 0. The molecule has 3 unspecified atom stereocenters. The van der Waals surface area contributed by atoms with Gasteiger partial charge in [-0.3, -0.25) is 0 Å². The Hall–Kier alpha value is -0.230. The van der Waals surface area contributed by atoms with Crippen molar-refractivity contribution < 1.29 is 0 Å². The van der Waals surface area contributed by atoms with Crippen LogP contribution < -0.4 is 0 Å². The first-order valence-corrected chi connectivity index (χ1v) is 5.17. The summed E-state index contributed by atoms with van der Waals surface area (Å²) in [6.45, 7) is 15.2. The Labute approximate surface area is 85.7 Å². The van der Waals surface area contributed by atoms with Crippen molar-refractivity contribution in [2.45, 2.75) is 39.5 Å². The fourth-order valence-corrected chi connectivity index (χ4v) is 4.02. The highest BCUT2D eigenvalue weighted by Crippen LogP contribution is 2.80. The molecule has 72 valence electrons. The summed E-state index contributed by atoms with van der Waals surface area (Å²) in [6, 6.07) is 0. The van der Waals surface area contributed by atoms with Crippen LogP contribution in [0.15, 0.2) is 23.3 Å². The molecule has 1 saturated carbocycles. The van der Waals surface area contributed by atoms with Crippen LogP contribution in [0.4, 0.5) is 0 Å². The smallest absolute Gasteiger partial charge is 0.0735 e. The zero-order chi connectivity index (χ0) is 10.2. The summed E-state index contributed by atoms with van der Waals surface area (Å²) in [4.78, 5) is -0.231. The zero-order valence-corrected chi connectivity index (χ0v) is 9.84. The number of fused-ring (bicyclic) bond motifs is 1. The van der Waals surface area contributed by atoms with Crippen LogP contribution in [0.1, 0.15) is 34.6 Å². The number of hydrogen-bond acceptors (Lipinski definition) is 0. The van der Waals surface area contributed by atoms with Gasteiger partial charge in [0, 0.05) is 10.8 Å². The van der Waals surface area contributed by atoms with Crippen molar-refractivity contribution in [3.8, 4) is 0 Å². The summed E-state index contributed by atoms with van der Waals surface area (Å²) in [6.07, 6.45) is 0. The molecular formula is C12H17Cl. The molecule has 0 aromatic carbocycles. The molecule has 0 radical (unpaired) electrons. The van der Waals surface area contributed by atoms with Crippen LogP contribution in [-0.2, 0) is 0 Å². The van der Waals surface area contributed by atoms with Gasteiger partial charge in [0.05, 0.1) is 4.87 Å². The summed E-state index contributed by atoms with van der Waals surface area (Å²) in [7, 11) is 0. The minimum atomic E-state index is -0.231. The molecule has 0 aliphatic heterocycles. The number of alkyl halides is 1. The maximum Gasteiger partial charge on any atom is 0.0735 e. The molecule has 3 atom stereocenters. The lowest BCUT2D eigenvalue weighted by molar-refractivity contribution is 0.00998. The van der Waals surface area contributed by atoms with E-state index < -0.39 is 0 Å². The molecule has 0 aromatic rings. The van der Waals surface area contributed by atoms with Gasteiger partial charge in [-0.15, -0.1) is 11.6 Å². The molecule has 0 aromatic heterocycles. The summed E-state index contributed by atoms with van der Waals surface area (Å²) < 4.78 is 0. The third kappa shape index (κ3) is 0.536. The molecule has 2 aliphatic carbocycles. The van der Waals surface area contributed by atoms with Gasteiger partial charge in [-0.25, -0.2) is 0 Å². The number of halogens is 1. The Morgan fingerprint density at radius 2 is 1.54 bits per heavy atom. The lowest BCUT2D eigenvalue weighted by Crippen LogP contribution is -2.71. The maximum absolute atomic E-state index is 6.51. The van der Waals surface area contributed by atoms with Gasteiger partial charge in [-0.2, -0.15) is 0 Å². The van der Waals surface area contributed by atoms with Gasteiger partial charge in [0.2, 0.25) is 0 Å². The summed E-state index contributed by atoms with van der Waals surface area (Å²) in [5, 5.41) is 0. The summed E-state index contributed by atoms with van der Waals surface area (Å²) in [5.41, 5.74) is 4.43. The predicted molar refractivity (Wildman–Crippen MR) is 58.0 cm³/mol. The first kappa shape index (κ1) is 9.33. The highest BCUT2D eigenvalue weighted by Gasteiger charge is 2.75. The molecule has 2 rings (SSSR count). The van der Waals surface area contributed by atoms with Crippen molar-refractivity contribution >= 4 is 11.6 Å². The fourth-order valence-electron chi connectivity index (χ4n) is 3.50. The third-order valence-corrected chi connectivity index (χ3v) is 5.78. The molecular weight excluding hydrogens is 180 g/mol. The van der Waals surface area contributed by atoms with Crippen LogP contribution >= 0.6 is 11.6 Å². The summed E-state index contributed by atoms with van der Waals surface area (Å²) in [5.74, 6) is 0. The first-order valence-electron chi connectivity index (χ1n) is 4.79. The normalized spacial score (nSPS) is 54.2. The van der Waals surface area contributed by atoms with Crippen LogP contribution in [0, 0.1) is 10.8 Å². The number of rotatable bonds is 0. The minimum Gasteiger partial charge on any atom is -0.114 e. The number of allylic oxidation sites excluding steroid dienone is 3. The standard InChI is InChI=1S/C12H17Cl/c1-7-8(2)11(5)10(7,4)9(3)12(11,6)13/h3H2,1-2,4-6H3. The van der Waals surface area contributed by atoms with Gasteiger partial charge in [0.1, 0.15) is 0 Å². The third-order valence-electron chi connectivity index (χ3n) is 5.17. The van der Waals surface area contributed by atoms with Crippen LogP contribution in [0.25, 0.3) is 0 Å².